The number of aliphatic carboxylic acids is 1. The molecule has 0 spiro atoms. The van der Waals surface area contributed by atoms with Crippen molar-refractivity contribution in [3.05, 3.63) is 29.3 Å². The molecule has 0 aliphatic heterocycles. The Morgan fingerprint density at radius 3 is 2.72 bits per heavy atom. The van der Waals surface area contributed by atoms with Gasteiger partial charge in [0, 0.05) is 16.7 Å². The van der Waals surface area contributed by atoms with Crippen LogP contribution in [0.5, 0.6) is 0 Å². The predicted molar refractivity (Wildman–Crippen MR) is 74.2 cm³/mol. The first-order valence-corrected chi connectivity index (χ1v) is 7.23. The molecule has 4 heteroatoms. The number of nitrogens with one attached hydrogen (secondary N) is 1. The Bertz CT molecular complexity index is 443. The maximum atomic E-state index is 11.1. The molecular formula is C14H19NO2S. The lowest BCUT2D eigenvalue weighted by atomic mass is 10.1. The van der Waals surface area contributed by atoms with Crippen molar-refractivity contribution in [2.24, 2.45) is 0 Å². The zero-order valence-corrected chi connectivity index (χ0v) is 11.6. The van der Waals surface area contributed by atoms with Crippen LogP contribution < -0.4 is 5.32 Å². The Labute approximate surface area is 112 Å². The van der Waals surface area contributed by atoms with Crippen LogP contribution in [0, 0.1) is 13.8 Å². The van der Waals surface area contributed by atoms with Gasteiger partial charge in [-0.05, 0) is 49.9 Å². The minimum Gasteiger partial charge on any atom is -0.480 e. The molecule has 0 radical (unpaired) electrons. The third kappa shape index (κ3) is 3.75. The highest BCUT2D eigenvalue weighted by Crippen LogP contribution is 2.24. The van der Waals surface area contributed by atoms with Gasteiger partial charge in [-0.15, -0.1) is 11.8 Å². The maximum absolute atomic E-state index is 11.1. The molecule has 0 saturated heterocycles. The summed E-state index contributed by atoms with van der Waals surface area (Å²) in [7, 11) is 0. The number of rotatable bonds is 6. The highest BCUT2D eigenvalue weighted by atomic mass is 32.2. The lowest BCUT2D eigenvalue weighted by Crippen LogP contribution is -2.40. The second-order valence-corrected chi connectivity index (χ2v) is 5.98. The first-order valence-electron chi connectivity index (χ1n) is 6.25. The number of aryl methyl sites for hydroxylation is 2. The largest absolute Gasteiger partial charge is 0.480 e. The SMILES string of the molecule is Cc1ccc(SCC(NC2CC2)C(=O)O)cc1C. The molecule has 2 N–H and O–H groups in total. The average Bonchev–Trinajstić information content (AvgIpc) is 3.12. The molecule has 1 fully saturated rings. The standard InChI is InChI=1S/C14H19NO2S/c1-9-3-6-12(7-10(9)2)18-8-13(14(16)17)15-11-4-5-11/h3,6-7,11,13,15H,4-5,8H2,1-2H3,(H,16,17). The van der Waals surface area contributed by atoms with Gasteiger partial charge in [0.15, 0.2) is 0 Å². The van der Waals surface area contributed by atoms with Crippen LogP contribution in [0.2, 0.25) is 0 Å². The van der Waals surface area contributed by atoms with Gasteiger partial charge in [-0.3, -0.25) is 4.79 Å². The fraction of sp³-hybridized carbons (Fsp3) is 0.500. The molecule has 0 heterocycles. The first kappa shape index (κ1) is 13.4. The summed E-state index contributed by atoms with van der Waals surface area (Å²) in [5.74, 6) is -0.174. The molecule has 1 saturated carbocycles. The molecule has 1 aromatic rings. The monoisotopic (exact) mass is 265 g/mol. The molecular weight excluding hydrogens is 246 g/mol. The molecule has 1 unspecified atom stereocenters. The number of thioether (sulfide) groups is 1. The van der Waals surface area contributed by atoms with E-state index in [1.165, 1.54) is 11.1 Å². The fourth-order valence-electron chi connectivity index (χ4n) is 1.71. The molecule has 18 heavy (non-hydrogen) atoms. The van der Waals surface area contributed by atoms with Crippen LogP contribution in [0.3, 0.4) is 0 Å². The van der Waals surface area contributed by atoms with Gasteiger partial charge in [-0.2, -0.15) is 0 Å². The van der Waals surface area contributed by atoms with Crippen LogP contribution in [0.1, 0.15) is 24.0 Å². The van der Waals surface area contributed by atoms with Gasteiger partial charge < -0.3 is 10.4 Å². The van der Waals surface area contributed by atoms with Gasteiger partial charge in [0.25, 0.3) is 0 Å². The summed E-state index contributed by atoms with van der Waals surface area (Å²) in [6.45, 7) is 4.16. The van der Waals surface area contributed by atoms with Gasteiger partial charge in [0.05, 0.1) is 0 Å². The van der Waals surface area contributed by atoms with Gasteiger partial charge in [0.2, 0.25) is 0 Å². The molecule has 0 amide bonds. The smallest absolute Gasteiger partial charge is 0.321 e. The zero-order chi connectivity index (χ0) is 13.1. The summed E-state index contributed by atoms with van der Waals surface area (Å²) in [4.78, 5) is 12.3. The molecule has 1 atom stereocenters. The molecule has 1 aromatic carbocycles. The highest BCUT2D eigenvalue weighted by molar-refractivity contribution is 7.99. The van der Waals surface area contributed by atoms with Crippen LogP contribution in [-0.4, -0.2) is 28.9 Å². The number of benzene rings is 1. The summed E-state index contributed by atoms with van der Waals surface area (Å²) < 4.78 is 0. The number of carbonyl (C=O) groups is 1. The van der Waals surface area contributed by atoms with Gasteiger partial charge in [0.1, 0.15) is 6.04 Å². The molecule has 98 valence electrons. The minimum absolute atomic E-state index is 0.423. The van der Waals surface area contributed by atoms with Crippen LogP contribution in [0.4, 0.5) is 0 Å². The number of hydrogen-bond donors (Lipinski definition) is 2. The Balaban J connectivity index is 1.91. The van der Waals surface area contributed by atoms with E-state index >= 15 is 0 Å². The minimum atomic E-state index is -0.752. The van der Waals surface area contributed by atoms with E-state index in [2.05, 4.69) is 37.4 Å². The molecule has 3 nitrogen and oxygen atoms in total. The molecule has 1 aliphatic rings. The molecule has 2 rings (SSSR count). The van der Waals surface area contributed by atoms with Gasteiger partial charge in [-0.25, -0.2) is 0 Å². The number of carboxylic acids is 1. The van der Waals surface area contributed by atoms with Crippen LogP contribution >= 0.6 is 11.8 Å². The normalized spacial score (nSPS) is 16.6. The summed E-state index contributed by atoms with van der Waals surface area (Å²) >= 11 is 1.61. The average molecular weight is 265 g/mol. The topological polar surface area (TPSA) is 49.3 Å². The predicted octanol–water partition coefficient (Wildman–Crippen LogP) is 2.60. The Kier molecular flexibility index (Phi) is 4.30. The van der Waals surface area contributed by atoms with Crippen molar-refractivity contribution in [3.8, 4) is 0 Å². The highest BCUT2D eigenvalue weighted by Gasteiger charge is 2.28. The summed E-state index contributed by atoms with van der Waals surface area (Å²) in [6, 6.07) is 6.25. The van der Waals surface area contributed by atoms with Gasteiger partial charge in [-0.1, -0.05) is 6.07 Å². The van der Waals surface area contributed by atoms with Crippen LogP contribution in [0.25, 0.3) is 0 Å². The molecule has 1 aliphatic carbocycles. The van der Waals surface area contributed by atoms with E-state index < -0.39 is 12.0 Å². The van der Waals surface area contributed by atoms with Crippen molar-refractivity contribution in [3.63, 3.8) is 0 Å². The quantitative estimate of drug-likeness (QED) is 0.776. The van der Waals surface area contributed by atoms with Crippen molar-refractivity contribution in [2.75, 3.05) is 5.75 Å². The van der Waals surface area contributed by atoms with Crippen LogP contribution in [0.15, 0.2) is 23.1 Å². The van der Waals surface area contributed by atoms with E-state index in [0.29, 0.717) is 11.8 Å². The molecule has 0 aromatic heterocycles. The number of hydrogen-bond acceptors (Lipinski definition) is 3. The third-order valence-electron chi connectivity index (χ3n) is 3.21. The van der Waals surface area contributed by atoms with Gasteiger partial charge >= 0.3 is 5.97 Å². The van der Waals surface area contributed by atoms with E-state index in [1.54, 1.807) is 11.8 Å². The second-order valence-electron chi connectivity index (χ2n) is 4.89. The van der Waals surface area contributed by atoms with E-state index in [4.69, 9.17) is 5.11 Å². The zero-order valence-electron chi connectivity index (χ0n) is 10.8. The maximum Gasteiger partial charge on any atom is 0.321 e. The summed E-state index contributed by atoms with van der Waals surface area (Å²) in [5, 5.41) is 12.3. The Morgan fingerprint density at radius 1 is 1.44 bits per heavy atom. The van der Waals surface area contributed by atoms with E-state index in [1.807, 2.05) is 0 Å². The third-order valence-corrected chi connectivity index (χ3v) is 4.29. The van der Waals surface area contributed by atoms with E-state index in [-0.39, 0.29) is 0 Å². The summed E-state index contributed by atoms with van der Waals surface area (Å²) in [5.41, 5.74) is 2.52. The van der Waals surface area contributed by atoms with Crippen molar-refractivity contribution < 1.29 is 9.90 Å². The lowest BCUT2D eigenvalue weighted by molar-refractivity contribution is -0.138. The fourth-order valence-corrected chi connectivity index (χ4v) is 2.73. The van der Waals surface area contributed by atoms with Crippen molar-refractivity contribution in [1.29, 1.82) is 0 Å². The Hall–Kier alpha value is -1.00. The first-order chi connectivity index (χ1) is 8.56. The second kappa shape index (κ2) is 5.76. The number of carboxylic acid groups (broad SMARTS) is 1. The van der Waals surface area contributed by atoms with Crippen molar-refractivity contribution in [1.82, 2.24) is 5.32 Å². The van der Waals surface area contributed by atoms with Crippen molar-refractivity contribution >= 4 is 17.7 Å². The Morgan fingerprint density at radius 2 is 2.17 bits per heavy atom. The summed E-state index contributed by atoms with van der Waals surface area (Å²) in [6.07, 6.45) is 2.22. The lowest BCUT2D eigenvalue weighted by Gasteiger charge is -2.13. The van der Waals surface area contributed by atoms with Crippen molar-refractivity contribution in [2.45, 2.75) is 43.7 Å². The van der Waals surface area contributed by atoms with E-state index in [9.17, 15) is 4.79 Å². The van der Waals surface area contributed by atoms with E-state index in [0.717, 1.165) is 17.7 Å². The molecule has 0 bridgehead atoms. The van der Waals surface area contributed by atoms with Crippen LogP contribution in [-0.2, 0) is 4.79 Å².